The zero-order valence-corrected chi connectivity index (χ0v) is 9.90. The Morgan fingerprint density at radius 2 is 2.06 bits per heavy atom. The Hall–Kier alpha value is -1.26. The van der Waals surface area contributed by atoms with E-state index in [9.17, 15) is 5.11 Å². The molecule has 0 aliphatic heterocycles. The SMILES string of the molecule is CCOCOc1ccc([C@H](C)O)cc1OC. The molecule has 4 nitrogen and oxygen atoms in total. The van der Waals surface area contributed by atoms with Crippen molar-refractivity contribution in [1.29, 1.82) is 0 Å². The summed E-state index contributed by atoms with van der Waals surface area (Å²) in [6.45, 7) is 4.40. The largest absolute Gasteiger partial charge is 0.493 e. The molecule has 4 heteroatoms. The Kier molecular flexibility index (Phi) is 5.08. The van der Waals surface area contributed by atoms with Crippen LogP contribution < -0.4 is 9.47 Å². The lowest BCUT2D eigenvalue weighted by Gasteiger charge is -2.12. The molecule has 0 aliphatic carbocycles. The first kappa shape index (κ1) is 12.8. The molecule has 0 unspecified atom stereocenters. The molecule has 0 aromatic heterocycles. The monoisotopic (exact) mass is 226 g/mol. The summed E-state index contributed by atoms with van der Waals surface area (Å²) in [4.78, 5) is 0. The summed E-state index contributed by atoms with van der Waals surface area (Å²) in [5.74, 6) is 1.21. The van der Waals surface area contributed by atoms with Gasteiger partial charge in [-0.2, -0.15) is 0 Å². The van der Waals surface area contributed by atoms with Crippen LogP contribution in [-0.2, 0) is 4.74 Å². The third-order valence-corrected chi connectivity index (χ3v) is 2.17. The molecule has 0 saturated carbocycles. The molecular formula is C12H18O4. The van der Waals surface area contributed by atoms with Crippen molar-refractivity contribution >= 4 is 0 Å². The lowest BCUT2D eigenvalue weighted by atomic mass is 10.1. The highest BCUT2D eigenvalue weighted by molar-refractivity contribution is 5.43. The van der Waals surface area contributed by atoms with Crippen LogP contribution in [0, 0.1) is 0 Å². The summed E-state index contributed by atoms with van der Waals surface area (Å²) in [6.07, 6.45) is -0.519. The highest BCUT2D eigenvalue weighted by atomic mass is 16.7. The van der Waals surface area contributed by atoms with Crippen molar-refractivity contribution in [3.8, 4) is 11.5 Å². The Labute approximate surface area is 95.8 Å². The second-order valence-electron chi connectivity index (χ2n) is 3.34. The van der Waals surface area contributed by atoms with E-state index in [-0.39, 0.29) is 6.79 Å². The van der Waals surface area contributed by atoms with E-state index in [1.165, 1.54) is 0 Å². The first-order chi connectivity index (χ1) is 7.69. The highest BCUT2D eigenvalue weighted by Gasteiger charge is 2.08. The van der Waals surface area contributed by atoms with Gasteiger partial charge < -0.3 is 19.3 Å². The standard InChI is InChI=1S/C12H18O4/c1-4-15-8-16-11-6-5-10(9(2)13)7-12(11)14-3/h5-7,9,13H,4,8H2,1-3H3/t9-/m0/s1. The number of hydrogen-bond donors (Lipinski definition) is 1. The molecule has 0 saturated heterocycles. The van der Waals surface area contributed by atoms with E-state index in [2.05, 4.69) is 0 Å². The summed E-state index contributed by atoms with van der Waals surface area (Å²) in [5, 5.41) is 9.43. The molecule has 90 valence electrons. The molecule has 1 N–H and O–H groups in total. The van der Waals surface area contributed by atoms with Gasteiger partial charge in [-0.15, -0.1) is 0 Å². The average Bonchev–Trinajstić information content (AvgIpc) is 2.29. The third kappa shape index (κ3) is 3.40. The molecule has 1 rings (SSSR count). The number of hydrogen-bond acceptors (Lipinski definition) is 4. The Bertz CT molecular complexity index is 323. The van der Waals surface area contributed by atoms with E-state index in [0.29, 0.717) is 18.1 Å². The molecule has 0 amide bonds. The number of aliphatic hydroxyl groups excluding tert-OH is 1. The van der Waals surface area contributed by atoms with Crippen LogP contribution in [0.4, 0.5) is 0 Å². The van der Waals surface area contributed by atoms with E-state index >= 15 is 0 Å². The maximum absolute atomic E-state index is 9.43. The summed E-state index contributed by atoms with van der Waals surface area (Å²) in [7, 11) is 1.56. The zero-order valence-electron chi connectivity index (χ0n) is 9.90. The van der Waals surface area contributed by atoms with Gasteiger partial charge in [-0.25, -0.2) is 0 Å². The average molecular weight is 226 g/mol. The van der Waals surface area contributed by atoms with Crippen LogP contribution in [0.1, 0.15) is 25.5 Å². The van der Waals surface area contributed by atoms with Gasteiger partial charge in [0.25, 0.3) is 0 Å². The molecule has 0 fully saturated rings. The van der Waals surface area contributed by atoms with Crippen molar-refractivity contribution in [2.45, 2.75) is 20.0 Å². The second-order valence-corrected chi connectivity index (χ2v) is 3.34. The molecule has 1 atom stereocenters. The Balaban J connectivity index is 2.76. The van der Waals surface area contributed by atoms with Gasteiger partial charge in [-0.05, 0) is 31.5 Å². The first-order valence-electron chi connectivity index (χ1n) is 5.25. The van der Waals surface area contributed by atoms with E-state index in [0.717, 1.165) is 5.56 Å². The van der Waals surface area contributed by atoms with Gasteiger partial charge in [0.15, 0.2) is 18.3 Å². The number of aliphatic hydroxyl groups is 1. The smallest absolute Gasteiger partial charge is 0.189 e. The van der Waals surface area contributed by atoms with Gasteiger partial charge in [-0.1, -0.05) is 6.07 Å². The predicted molar refractivity (Wildman–Crippen MR) is 60.7 cm³/mol. The van der Waals surface area contributed by atoms with E-state index in [4.69, 9.17) is 14.2 Å². The van der Waals surface area contributed by atoms with Crippen LogP contribution in [0.5, 0.6) is 11.5 Å². The predicted octanol–water partition coefficient (Wildman–Crippen LogP) is 2.12. The minimum atomic E-state index is -0.519. The van der Waals surface area contributed by atoms with Gasteiger partial charge in [0.2, 0.25) is 0 Å². The normalized spacial score (nSPS) is 12.2. The number of benzene rings is 1. The zero-order chi connectivity index (χ0) is 12.0. The van der Waals surface area contributed by atoms with Crippen molar-refractivity contribution in [3.05, 3.63) is 23.8 Å². The first-order valence-corrected chi connectivity index (χ1v) is 5.25. The van der Waals surface area contributed by atoms with E-state index in [1.54, 1.807) is 32.2 Å². The highest BCUT2D eigenvalue weighted by Crippen LogP contribution is 2.30. The number of ether oxygens (including phenoxy) is 3. The topological polar surface area (TPSA) is 47.9 Å². The van der Waals surface area contributed by atoms with Crippen LogP contribution in [0.2, 0.25) is 0 Å². The summed E-state index contributed by atoms with van der Waals surface area (Å²) in [6, 6.07) is 5.32. The van der Waals surface area contributed by atoms with Crippen LogP contribution in [-0.4, -0.2) is 25.6 Å². The van der Waals surface area contributed by atoms with Crippen molar-refractivity contribution in [1.82, 2.24) is 0 Å². The number of rotatable bonds is 6. The van der Waals surface area contributed by atoms with Gasteiger partial charge in [0.1, 0.15) is 0 Å². The molecule has 0 heterocycles. The number of methoxy groups -OCH3 is 1. The minimum Gasteiger partial charge on any atom is -0.493 e. The van der Waals surface area contributed by atoms with Crippen molar-refractivity contribution in [2.75, 3.05) is 20.5 Å². The van der Waals surface area contributed by atoms with Crippen LogP contribution in [0.25, 0.3) is 0 Å². The molecule has 16 heavy (non-hydrogen) atoms. The summed E-state index contributed by atoms with van der Waals surface area (Å²) >= 11 is 0. The maximum Gasteiger partial charge on any atom is 0.189 e. The summed E-state index contributed by atoms with van der Waals surface area (Å²) < 4.78 is 15.6. The van der Waals surface area contributed by atoms with Crippen LogP contribution in [0.15, 0.2) is 18.2 Å². The third-order valence-electron chi connectivity index (χ3n) is 2.17. The molecule has 0 bridgehead atoms. The molecule has 0 spiro atoms. The molecule has 0 radical (unpaired) electrons. The Morgan fingerprint density at radius 1 is 1.31 bits per heavy atom. The lowest BCUT2D eigenvalue weighted by Crippen LogP contribution is -2.04. The van der Waals surface area contributed by atoms with E-state index in [1.807, 2.05) is 6.92 Å². The maximum atomic E-state index is 9.43. The van der Waals surface area contributed by atoms with Crippen molar-refractivity contribution in [3.63, 3.8) is 0 Å². The second kappa shape index (κ2) is 6.35. The fourth-order valence-electron chi connectivity index (χ4n) is 1.25. The minimum absolute atomic E-state index is 0.195. The molecule has 0 aliphatic rings. The fraction of sp³-hybridized carbons (Fsp3) is 0.500. The summed E-state index contributed by atoms with van der Waals surface area (Å²) in [5.41, 5.74) is 0.792. The molecule has 1 aromatic rings. The molecule has 1 aromatic carbocycles. The van der Waals surface area contributed by atoms with Gasteiger partial charge in [0, 0.05) is 6.61 Å². The lowest BCUT2D eigenvalue weighted by molar-refractivity contribution is 0.0208. The van der Waals surface area contributed by atoms with Gasteiger partial charge in [0.05, 0.1) is 13.2 Å². The molecular weight excluding hydrogens is 208 g/mol. The quantitative estimate of drug-likeness (QED) is 0.596. The van der Waals surface area contributed by atoms with Crippen molar-refractivity contribution < 1.29 is 19.3 Å². The van der Waals surface area contributed by atoms with E-state index < -0.39 is 6.10 Å². The van der Waals surface area contributed by atoms with Gasteiger partial charge in [-0.3, -0.25) is 0 Å². The fourth-order valence-corrected chi connectivity index (χ4v) is 1.25. The van der Waals surface area contributed by atoms with Gasteiger partial charge >= 0.3 is 0 Å². The van der Waals surface area contributed by atoms with Crippen LogP contribution >= 0.6 is 0 Å². The Morgan fingerprint density at radius 3 is 2.62 bits per heavy atom. The van der Waals surface area contributed by atoms with Crippen LogP contribution in [0.3, 0.4) is 0 Å². The van der Waals surface area contributed by atoms with Crippen molar-refractivity contribution in [2.24, 2.45) is 0 Å².